The first-order valence-electron chi connectivity index (χ1n) is 6.65. The van der Waals surface area contributed by atoms with Crippen LogP contribution in [0.15, 0.2) is 28.9 Å². The van der Waals surface area contributed by atoms with E-state index >= 15 is 0 Å². The van der Waals surface area contributed by atoms with Gasteiger partial charge in [-0.1, -0.05) is 12.1 Å². The van der Waals surface area contributed by atoms with Crippen LogP contribution in [-0.4, -0.2) is 23.9 Å². The van der Waals surface area contributed by atoms with Gasteiger partial charge >= 0.3 is 0 Å². The van der Waals surface area contributed by atoms with Crippen molar-refractivity contribution in [1.29, 1.82) is 0 Å². The standard InChI is InChI=1S/C15H20BrN3O/c1-5-19-15(12(16)9-18-19)14(17-3)11-7-6-10(2)8-13(11)20-4/h6-9,14,17H,5H2,1-4H3. The molecule has 0 aliphatic carbocycles. The predicted molar refractivity (Wildman–Crippen MR) is 84.2 cm³/mol. The zero-order valence-corrected chi connectivity index (χ0v) is 13.9. The third-order valence-electron chi connectivity index (χ3n) is 3.39. The maximum Gasteiger partial charge on any atom is 0.124 e. The molecular formula is C15H20BrN3O. The number of aryl methyl sites for hydroxylation is 2. The second kappa shape index (κ2) is 6.41. The van der Waals surface area contributed by atoms with E-state index in [0.29, 0.717) is 0 Å². The van der Waals surface area contributed by atoms with E-state index in [1.54, 1.807) is 7.11 Å². The molecule has 1 heterocycles. The lowest BCUT2D eigenvalue weighted by Crippen LogP contribution is -2.22. The zero-order chi connectivity index (χ0) is 14.7. The Kier molecular flexibility index (Phi) is 4.83. The SMILES string of the molecule is CCn1ncc(Br)c1C(NC)c1ccc(C)cc1OC. The van der Waals surface area contributed by atoms with E-state index in [2.05, 4.69) is 58.4 Å². The lowest BCUT2D eigenvalue weighted by atomic mass is 10.0. The van der Waals surface area contributed by atoms with E-state index in [1.807, 2.05) is 17.9 Å². The van der Waals surface area contributed by atoms with Crippen LogP contribution in [0.4, 0.5) is 0 Å². The van der Waals surface area contributed by atoms with Crippen molar-refractivity contribution >= 4 is 15.9 Å². The molecule has 0 spiro atoms. The predicted octanol–water partition coefficient (Wildman–Crippen LogP) is 3.29. The van der Waals surface area contributed by atoms with Crippen molar-refractivity contribution < 1.29 is 4.74 Å². The van der Waals surface area contributed by atoms with E-state index < -0.39 is 0 Å². The maximum absolute atomic E-state index is 5.54. The number of aromatic nitrogens is 2. The van der Waals surface area contributed by atoms with Gasteiger partial charge in [0.1, 0.15) is 5.75 Å². The number of benzene rings is 1. The first kappa shape index (κ1) is 15.1. The third kappa shape index (κ3) is 2.74. The topological polar surface area (TPSA) is 39.1 Å². The van der Waals surface area contributed by atoms with Crippen molar-refractivity contribution in [1.82, 2.24) is 15.1 Å². The third-order valence-corrected chi connectivity index (χ3v) is 4.01. The van der Waals surface area contributed by atoms with Gasteiger partial charge in [-0.05, 0) is 48.5 Å². The fourth-order valence-electron chi connectivity index (χ4n) is 2.41. The lowest BCUT2D eigenvalue weighted by molar-refractivity contribution is 0.403. The Labute approximate surface area is 128 Å². The molecule has 0 fully saturated rings. The molecule has 0 saturated carbocycles. The summed E-state index contributed by atoms with van der Waals surface area (Å²) in [5, 5.41) is 7.75. The van der Waals surface area contributed by atoms with Crippen LogP contribution >= 0.6 is 15.9 Å². The maximum atomic E-state index is 5.54. The molecule has 0 aliphatic heterocycles. The number of hydrogen-bond acceptors (Lipinski definition) is 3. The molecule has 1 atom stereocenters. The fourth-order valence-corrected chi connectivity index (χ4v) is 2.93. The highest BCUT2D eigenvalue weighted by atomic mass is 79.9. The molecule has 0 saturated heterocycles. The number of halogens is 1. The number of ether oxygens (including phenoxy) is 1. The number of hydrogen-bond donors (Lipinski definition) is 1. The van der Waals surface area contributed by atoms with Crippen LogP contribution in [0.25, 0.3) is 0 Å². The summed E-state index contributed by atoms with van der Waals surface area (Å²) in [5.41, 5.74) is 3.40. The fraction of sp³-hybridized carbons (Fsp3) is 0.400. The number of nitrogens with zero attached hydrogens (tertiary/aromatic N) is 2. The molecule has 0 radical (unpaired) electrons. The summed E-state index contributed by atoms with van der Waals surface area (Å²) in [5.74, 6) is 0.889. The normalized spacial score (nSPS) is 12.4. The molecule has 1 aromatic carbocycles. The molecule has 0 amide bonds. The van der Waals surface area contributed by atoms with E-state index in [1.165, 1.54) is 5.56 Å². The Morgan fingerprint density at radius 3 is 2.80 bits per heavy atom. The molecule has 5 heteroatoms. The smallest absolute Gasteiger partial charge is 0.124 e. The zero-order valence-electron chi connectivity index (χ0n) is 12.3. The van der Waals surface area contributed by atoms with Gasteiger partial charge in [0.05, 0.1) is 29.5 Å². The molecule has 0 aliphatic rings. The highest BCUT2D eigenvalue weighted by Gasteiger charge is 2.23. The molecule has 108 valence electrons. The number of rotatable bonds is 5. The average Bonchev–Trinajstić information content (AvgIpc) is 2.82. The van der Waals surface area contributed by atoms with Crippen LogP contribution in [0.2, 0.25) is 0 Å². The van der Waals surface area contributed by atoms with E-state index in [0.717, 1.165) is 28.0 Å². The average molecular weight is 338 g/mol. The summed E-state index contributed by atoms with van der Waals surface area (Å²) in [6.07, 6.45) is 1.84. The van der Waals surface area contributed by atoms with Crippen molar-refractivity contribution in [3.63, 3.8) is 0 Å². The van der Waals surface area contributed by atoms with Crippen molar-refractivity contribution in [3.8, 4) is 5.75 Å². The monoisotopic (exact) mass is 337 g/mol. The van der Waals surface area contributed by atoms with Crippen LogP contribution in [0.1, 0.15) is 29.8 Å². The Morgan fingerprint density at radius 2 is 2.20 bits per heavy atom. The second-order valence-electron chi connectivity index (χ2n) is 4.66. The second-order valence-corrected chi connectivity index (χ2v) is 5.51. The first-order valence-corrected chi connectivity index (χ1v) is 7.44. The van der Waals surface area contributed by atoms with Gasteiger partial charge in [0, 0.05) is 12.1 Å². The van der Waals surface area contributed by atoms with Gasteiger partial charge in [0.15, 0.2) is 0 Å². The Balaban J connectivity index is 2.55. The van der Waals surface area contributed by atoms with Crippen molar-refractivity contribution in [2.45, 2.75) is 26.4 Å². The van der Waals surface area contributed by atoms with Crippen molar-refractivity contribution in [3.05, 3.63) is 45.7 Å². The van der Waals surface area contributed by atoms with Gasteiger partial charge in [-0.15, -0.1) is 0 Å². The van der Waals surface area contributed by atoms with Gasteiger partial charge in [0.25, 0.3) is 0 Å². The van der Waals surface area contributed by atoms with Gasteiger partial charge in [-0.2, -0.15) is 5.10 Å². The van der Waals surface area contributed by atoms with Gasteiger partial charge in [-0.3, -0.25) is 4.68 Å². The number of nitrogens with one attached hydrogen (secondary N) is 1. The molecule has 1 N–H and O–H groups in total. The van der Waals surface area contributed by atoms with Crippen molar-refractivity contribution in [2.75, 3.05) is 14.2 Å². The summed E-state index contributed by atoms with van der Waals surface area (Å²) in [6.45, 7) is 4.97. The van der Waals surface area contributed by atoms with Gasteiger partial charge in [-0.25, -0.2) is 0 Å². The quantitative estimate of drug-likeness (QED) is 0.909. The summed E-state index contributed by atoms with van der Waals surface area (Å²) >= 11 is 3.59. The summed E-state index contributed by atoms with van der Waals surface area (Å²) in [4.78, 5) is 0. The number of methoxy groups -OCH3 is 1. The Hall–Kier alpha value is -1.33. The van der Waals surface area contributed by atoms with Crippen molar-refractivity contribution in [2.24, 2.45) is 0 Å². The van der Waals surface area contributed by atoms with Crippen LogP contribution in [0, 0.1) is 6.92 Å². The largest absolute Gasteiger partial charge is 0.496 e. The van der Waals surface area contributed by atoms with E-state index in [4.69, 9.17) is 4.74 Å². The van der Waals surface area contributed by atoms with Crippen LogP contribution < -0.4 is 10.1 Å². The summed E-state index contributed by atoms with van der Waals surface area (Å²) in [7, 11) is 3.65. The molecular weight excluding hydrogens is 318 g/mol. The highest BCUT2D eigenvalue weighted by molar-refractivity contribution is 9.10. The highest BCUT2D eigenvalue weighted by Crippen LogP contribution is 2.34. The summed E-state index contributed by atoms with van der Waals surface area (Å²) in [6, 6.07) is 6.29. The molecule has 20 heavy (non-hydrogen) atoms. The minimum atomic E-state index is 0.0300. The van der Waals surface area contributed by atoms with Crippen LogP contribution in [0.3, 0.4) is 0 Å². The minimum Gasteiger partial charge on any atom is -0.496 e. The molecule has 4 nitrogen and oxygen atoms in total. The van der Waals surface area contributed by atoms with Gasteiger partial charge < -0.3 is 10.1 Å². The molecule has 2 rings (SSSR count). The van der Waals surface area contributed by atoms with Gasteiger partial charge in [0.2, 0.25) is 0 Å². The first-order chi connectivity index (χ1) is 9.62. The molecule has 1 aromatic heterocycles. The van der Waals surface area contributed by atoms with Crippen LogP contribution in [0.5, 0.6) is 5.75 Å². The Morgan fingerprint density at radius 1 is 1.45 bits per heavy atom. The van der Waals surface area contributed by atoms with Crippen LogP contribution in [-0.2, 0) is 6.54 Å². The van der Waals surface area contributed by atoms with E-state index in [-0.39, 0.29) is 6.04 Å². The minimum absolute atomic E-state index is 0.0300. The van der Waals surface area contributed by atoms with E-state index in [9.17, 15) is 0 Å². The molecule has 1 unspecified atom stereocenters. The molecule has 2 aromatic rings. The molecule has 0 bridgehead atoms. The summed E-state index contributed by atoms with van der Waals surface area (Å²) < 4.78 is 8.53. The Bertz CT molecular complexity index is 595. The lowest BCUT2D eigenvalue weighted by Gasteiger charge is -2.21.